The van der Waals surface area contributed by atoms with Crippen molar-refractivity contribution < 1.29 is 19.7 Å². The van der Waals surface area contributed by atoms with Crippen LogP contribution in [-0.4, -0.2) is 41.1 Å². The van der Waals surface area contributed by atoms with E-state index in [-0.39, 0.29) is 11.5 Å². The smallest absolute Gasteiger partial charge is 0.231 e. The van der Waals surface area contributed by atoms with Crippen molar-refractivity contribution in [3.8, 4) is 23.0 Å². The third-order valence-corrected chi connectivity index (χ3v) is 6.40. The highest BCUT2D eigenvalue weighted by Crippen LogP contribution is 2.36. The molecular formula is C25H34N2O4. The normalized spacial score (nSPS) is 17.2. The van der Waals surface area contributed by atoms with E-state index >= 15 is 0 Å². The van der Waals surface area contributed by atoms with Gasteiger partial charge in [-0.3, -0.25) is 5.43 Å². The molecule has 31 heavy (non-hydrogen) atoms. The molecule has 2 aliphatic rings. The first kappa shape index (κ1) is 21.8. The van der Waals surface area contributed by atoms with E-state index in [4.69, 9.17) is 9.47 Å². The van der Waals surface area contributed by atoms with Gasteiger partial charge in [-0.25, -0.2) is 5.01 Å². The predicted molar refractivity (Wildman–Crippen MR) is 121 cm³/mol. The van der Waals surface area contributed by atoms with Crippen LogP contribution in [0.5, 0.6) is 23.0 Å². The molecule has 0 radical (unpaired) electrons. The minimum Gasteiger partial charge on any atom is -0.504 e. The van der Waals surface area contributed by atoms with Crippen molar-refractivity contribution in [2.24, 2.45) is 0 Å². The third kappa shape index (κ3) is 5.25. The lowest BCUT2D eigenvalue weighted by molar-refractivity contribution is 0.109. The summed E-state index contributed by atoms with van der Waals surface area (Å²) in [6.07, 6.45) is 8.48. The van der Waals surface area contributed by atoms with Crippen LogP contribution in [0, 0.1) is 0 Å². The molecule has 168 valence electrons. The van der Waals surface area contributed by atoms with Crippen LogP contribution in [0.1, 0.15) is 55.7 Å². The van der Waals surface area contributed by atoms with Crippen molar-refractivity contribution in [2.45, 2.75) is 64.3 Å². The predicted octanol–water partition coefficient (Wildman–Crippen LogP) is 4.31. The Hall–Kier alpha value is -2.44. The molecule has 0 bridgehead atoms. The van der Waals surface area contributed by atoms with E-state index in [2.05, 4.69) is 29.5 Å². The van der Waals surface area contributed by atoms with E-state index < -0.39 is 0 Å². The lowest BCUT2D eigenvalue weighted by Gasteiger charge is -2.36. The number of hydrogen-bond acceptors (Lipinski definition) is 6. The van der Waals surface area contributed by atoms with Crippen molar-refractivity contribution in [2.75, 3.05) is 19.9 Å². The van der Waals surface area contributed by atoms with E-state index in [1.54, 1.807) is 6.07 Å². The van der Waals surface area contributed by atoms with Crippen molar-refractivity contribution in [3.05, 3.63) is 47.0 Å². The fourth-order valence-corrected chi connectivity index (χ4v) is 4.61. The van der Waals surface area contributed by atoms with Gasteiger partial charge in [-0.2, -0.15) is 0 Å². The van der Waals surface area contributed by atoms with Gasteiger partial charge in [0.2, 0.25) is 6.79 Å². The first-order valence-corrected chi connectivity index (χ1v) is 11.6. The van der Waals surface area contributed by atoms with Crippen LogP contribution >= 0.6 is 0 Å². The number of phenolic OH excluding ortho intramolecular Hbond substituents is 2. The molecule has 4 rings (SSSR count). The zero-order valence-corrected chi connectivity index (χ0v) is 18.4. The molecule has 2 aromatic carbocycles. The zero-order valence-electron chi connectivity index (χ0n) is 18.4. The molecule has 0 amide bonds. The Morgan fingerprint density at radius 3 is 2.81 bits per heavy atom. The minimum atomic E-state index is -0.0181. The van der Waals surface area contributed by atoms with E-state index in [1.807, 2.05) is 12.1 Å². The first-order valence-electron chi connectivity index (χ1n) is 11.6. The number of hydrogen-bond donors (Lipinski definition) is 3. The van der Waals surface area contributed by atoms with Gasteiger partial charge in [-0.15, -0.1) is 0 Å². The summed E-state index contributed by atoms with van der Waals surface area (Å²) < 4.78 is 10.9. The Kier molecular flexibility index (Phi) is 7.20. The fourth-order valence-electron chi connectivity index (χ4n) is 4.61. The molecule has 0 spiro atoms. The summed E-state index contributed by atoms with van der Waals surface area (Å²) in [5.41, 5.74) is 6.97. The quantitative estimate of drug-likeness (QED) is 0.299. The van der Waals surface area contributed by atoms with Gasteiger partial charge in [0.15, 0.2) is 23.0 Å². The molecule has 1 aliphatic heterocycles. The molecule has 0 saturated heterocycles. The summed E-state index contributed by atoms with van der Waals surface area (Å²) >= 11 is 0. The van der Waals surface area contributed by atoms with Gasteiger partial charge in [0.1, 0.15) is 0 Å². The average Bonchev–Trinajstić information content (AvgIpc) is 3.26. The monoisotopic (exact) mass is 426 g/mol. The number of rotatable bonds is 10. The maximum atomic E-state index is 10.2. The van der Waals surface area contributed by atoms with Gasteiger partial charge in [-0.05, 0) is 61.4 Å². The number of unbranched alkanes of at least 4 members (excludes halogenated alkanes) is 3. The Labute approximate surface area is 184 Å². The molecule has 6 nitrogen and oxygen atoms in total. The zero-order chi connectivity index (χ0) is 21.6. The van der Waals surface area contributed by atoms with Gasteiger partial charge >= 0.3 is 0 Å². The number of phenols is 2. The number of aromatic hydroxyl groups is 2. The van der Waals surface area contributed by atoms with Crippen LogP contribution in [0.15, 0.2) is 30.3 Å². The second-order valence-electron chi connectivity index (χ2n) is 8.57. The topological polar surface area (TPSA) is 74.2 Å². The lowest BCUT2D eigenvalue weighted by atomic mass is 9.87. The Morgan fingerprint density at radius 1 is 1.06 bits per heavy atom. The maximum absolute atomic E-state index is 10.2. The summed E-state index contributed by atoms with van der Waals surface area (Å²) in [4.78, 5) is 0. The highest BCUT2D eigenvalue weighted by atomic mass is 16.7. The number of fused-ring (bicyclic) bond motifs is 2. The highest BCUT2D eigenvalue weighted by molar-refractivity contribution is 5.50. The maximum Gasteiger partial charge on any atom is 0.231 e. The van der Waals surface area contributed by atoms with Crippen molar-refractivity contribution in [3.63, 3.8) is 0 Å². The van der Waals surface area contributed by atoms with Crippen LogP contribution < -0.4 is 14.9 Å². The van der Waals surface area contributed by atoms with Crippen molar-refractivity contribution >= 4 is 0 Å². The number of hydrazine groups is 1. The molecule has 6 heteroatoms. The third-order valence-electron chi connectivity index (χ3n) is 6.40. The summed E-state index contributed by atoms with van der Waals surface area (Å²) in [7, 11) is 0. The largest absolute Gasteiger partial charge is 0.504 e. The van der Waals surface area contributed by atoms with Crippen molar-refractivity contribution in [1.82, 2.24) is 10.4 Å². The van der Waals surface area contributed by atoms with Crippen molar-refractivity contribution in [1.29, 1.82) is 0 Å². The lowest BCUT2D eigenvalue weighted by Crippen LogP contribution is -2.49. The fraction of sp³-hybridized carbons (Fsp3) is 0.520. The van der Waals surface area contributed by atoms with Crippen LogP contribution in [-0.2, 0) is 19.3 Å². The van der Waals surface area contributed by atoms with Crippen LogP contribution in [0.2, 0.25) is 0 Å². The molecule has 2 aromatic rings. The Morgan fingerprint density at radius 2 is 1.94 bits per heavy atom. The first-order chi connectivity index (χ1) is 15.2. The molecule has 0 fully saturated rings. The van der Waals surface area contributed by atoms with Crippen LogP contribution in [0.3, 0.4) is 0 Å². The Balaban J connectivity index is 1.37. The second kappa shape index (κ2) is 10.2. The molecule has 1 atom stereocenters. The van der Waals surface area contributed by atoms with Gasteiger partial charge in [0.25, 0.3) is 0 Å². The number of benzene rings is 2. The Bertz CT molecular complexity index is 886. The number of nitrogens with zero attached hydrogens (tertiary/aromatic N) is 1. The summed E-state index contributed by atoms with van der Waals surface area (Å²) in [5, 5.41) is 22.4. The number of nitrogens with one attached hydrogen (secondary N) is 1. The van der Waals surface area contributed by atoms with E-state index in [1.165, 1.54) is 31.2 Å². The molecule has 1 aliphatic carbocycles. The summed E-state index contributed by atoms with van der Waals surface area (Å²) in [6, 6.07) is 10.1. The van der Waals surface area contributed by atoms with Crippen LogP contribution in [0.4, 0.5) is 0 Å². The highest BCUT2D eigenvalue weighted by Gasteiger charge is 2.26. The van der Waals surface area contributed by atoms with Crippen LogP contribution in [0.25, 0.3) is 0 Å². The standard InChI is InChI=1S/C25H34N2O4/c1-2-3-4-5-14-27(20-8-9-21-19(16-20)7-10-22(28)25(21)29)26-13-12-18-6-11-23-24(15-18)31-17-30-23/h6-7,10-11,15,20,26,28-29H,2-5,8-9,12-14,16-17H2,1H3. The molecule has 0 aromatic heterocycles. The molecule has 1 unspecified atom stereocenters. The minimum absolute atomic E-state index is 0.0181. The van der Waals surface area contributed by atoms with Gasteiger partial charge < -0.3 is 19.7 Å². The van der Waals surface area contributed by atoms with E-state index in [0.717, 1.165) is 61.4 Å². The van der Waals surface area contributed by atoms with E-state index in [9.17, 15) is 10.2 Å². The molecule has 1 heterocycles. The van der Waals surface area contributed by atoms with Gasteiger partial charge in [0.05, 0.1) is 0 Å². The van der Waals surface area contributed by atoms with Gasteiger partial charge in [-0.1, -0.05) is 38.3 Å². The van der Waals surface area contributed by atoms with Gasteiger partial charge in [0, 0.05) is 24.7 Å². The summed E-state index contributed by atoms with van der Waals surface area (Å²) in [5.74, 6) is 1.70. The van der Waals surface area contributed by atoms with E-state index in [0.29, 0.717) is 12.8 Å². The second-order valence-corrected chi connectivity index (χ2v) is 8.57. The average molecular weight is 427 g/mol. The SMILES string of the molecule is CCCCCCN(NCCc1ccc2c(c1)OCO2)C1CCc2c(ccc(O)c2O)C1. The molecule has 0 saturated carbocycles. The molecule has 3 N–H and O–H groups in total. The summed E-state index contributed by atoms with van der Waals surface area (Å²) in [6.45, 7) is 4.42. The molecular weight excluding hydrogens is 392 g/mol. The number of ether oxygens (including phenoxy) is 2.